The van der Waals surface area contributed by atoms with Gasteiger partial charge in [0.15, 0.2) is 5.96 Å². The van der Waals surface area contributed by atoms with Crippen molar-refractivity contribution in [3.8, 4) is 5.75 Å². The third-order valence-corrected chi connectivity index (χ3v) is 4.62. The molecule has 0 bridgehead atoms. The molecular weight excluding hydrogens is 276 g/mol. The Labute approximate surface area is 132 Å². The van der Waals surface area contributed by atoms with Gasteiger partial charge in [-0.15, -0.1) is 0 Å². The van der Waals surface area contributed by atoms with E-state index in [2.05, 4.69) is 32.7 Å². The third kappa shape index (κ3) is 3.29. The molecule has 1 aliphatic carbocycles. The van der Waals surface area contributed by atoms with E-state index in [-0.39, 0.29) is 0 Å². The molecule has 1 heterocycles. The summed E-state index contributed by atoms with van der Waals surface area (Å²) in [6, 6.07) is 9.26. The van der Waals surface area contributed by atoms with Gasteiger partial charge in [0.1, 0.15) is 5.75 Å². The lowest BCUT2D eigenvalue weighted by Crippen LogP contribution is -2.50. The summed E-state index contributed by atoms with van der Waals surface area (Å²) in [6.07, 6.45) is 4.97. The lowest BCUT2D eigenvalue weighted by atomic mass is 9.93. The van der Waals surface area contributed by atoms with Gasteiger partial charge in [-0.3, -0.25) is 4.99 Å². The van der Waals surface area contributed by atoms with Crippen LogP contribution >= 0.6 is 0 Å². The number of methoxy groups -OCH3 is 1. The molecule has 120 valence electrons. The number of aliphatic imine (C=N–C) groups is 1. The van der Waals surface area contributed by atoms with Gasteiger partial charge in [-0.05, 0) is 37.8 Å². The van der Waals surface area contributed by atoms with E-state index < -0.39 is 0 Å². The molecule has 22 heavy (non-hydrogen) atoms. The number of nitrogens with zero attached hydrogens (tertiary/aromatic N) is 2. The number of anilines is 1. The molecule has 3 rings (SSSR count). The number of benzene rings is 1. The van der Waals surface area contributed by atoms with Crippen LogP contribution < -0.4 is 20.3 Å². The van der Waals surface area contributed by atoms with Gasteiger partial charge in [0.25, 0.3) is 0 Å². The highest BCUT2D eigenvalue weighted by Gasteiger charge is 2.26. The predicted molar refractivity (Wildman–Crippen MR) is 90.9 cm³/mol. The van der Waals surface area contributed by atoms with Crippen molar-refractivity contribution < 1.29 is 4.74 Å². The molecule has 1 aromatic rings. The Balaban J connectivity index is 1.57. The highest BCUT2D eigenvalue weighted by molar-refractivity contribution is 5.80. The summed E-state index contributed by atoms with van der Waals surface area (Å²) in [5.41, 5.74) is 1.18. The van der Waals surface area contributed by atoms with Crippen LogP contribution in [-0.2, 0) is 0 Å². The van der Waals surface area contributed by atoms with Crippen LogP contribution in [0.5, 0.6) is 5.75 Å². The Morgan fingerprint density at radius 3 is 2.64 bits per heavy atom. The average Bonchev–Trinajstić information content (AvgIpc) is 2.97. The van der Waals surface area contributed by atoms with Gasteiger partial charge < -0.3 is 20.3 Å². The molecule has 0 spiro atoms. The number of hydrogen-bond donors (Lipinski definition) is 2. The second-order valence-electron chi connectivity index (χ2n) is 6.09. The largest absolute Gasteiger partial charge is 0.495 e. The summed E-state index contributed by atoms with van der Waals surface area (Å²) >= 11 is 0. The molecular formula is C17H26N4O. The van der Waals surface area contributed by atoms with Gasteiger partial charge in [0.05, 0.1) is 12.8 Å². The fraction of sp³-hybridized carbons (Fsp3) is 0.588. The second-order valence-corrected chi connectivity index (χ2v) is 6.09. The molecule has 5 heteroatoms. The Hall–Kier alpha value is -1.91. The van der Waals surface area contributed by atoms with Crippen molar-refractivity contribution in [1.29, 1.82) is 0 Å². The third-order valence-electron chi connectivity index (χ3n) is 4.62. The van der Waals surface area contributed by atoms with Crippen LogP contribution in [-0.4, -0.2) is 45.3 Å². The normalized spacial score (nSPS) is 22.4. The van der Waals surface area contributed by atoms with Gasteiger partial charge in [0.2, 0.25) is 0 Å². The predicted octanol–water partition coefficient (Wildman–Crippen LogP) is 1.99. The summed E-state index contributed by atoms with van der Waals surface area (Å²) in [5, 5.41) is 7.06. The first-order valence-electron chi connectivity index (χ1n) is 8.18. The minimum absolute atomic E-state index is 0.427. The molecule has 2 N–H and O–H groups in total. The van der Waals surface area contributed by atoms with Crippen molar-refractivity contribution in [3.63, 3.8) is 0 Å². The first-order chi connectivity index (χ1) is 10.8. The molecule has 1 saturated carbocycles. The highest BCUT2D eigenvalue weighted by atomic mass is 16.5. The van der Waals surface area contributed by atoms with Crippen molar-refractivity contribution >= 4 is 11.6 Å². The first-order valence-corrected chi connectivity index (χ1v) is 8.18. The lowest BCUT2D eigenvalue weighted by molar-refractivity contribution is 0.378. The van der Waals surface area contributed by atoms with Gasteiger partial charge in [-0.2, -0.15) is 0 Å². The molecule has 0 radical (unpaired) electrons. The Morgan fingerprint density at radius 2 is 1.95 bits per heavy atom. The van der Waals surface area contributed by atoms with Gasteiger partial charge in [-0.1, -0.05) is 12.1 Å². The fourth-order valence-corrected chi connectivity index (χ4v) is 3.10. The summed E-state index contributed by atoms with van der Waals surface area (Å²) in [6.45, 7) is 2.02. The molecule has 1 unspecified atom stereocenters. The zero-order valence-corrected chi connectivity index (χ0v) is 13.5. The minimum atomic E-state index is 0.427. The van der Waals surface area contributed by atoms with Crippen LogP contribution in [0.15, 0.2) is 29.3 Å². The number of nitrogens with one attached hydrogen (secondary N) is 2. The van der Waals surface area contributed by atoms with E-state index in [1.54, 1.807) is 7.11 Å². The van der Waals surface area contributed by atoms with Crippen LogP contribution in [0, 0.1) is 0 Å². The van der Waals surface area contributed by atoms with Gasteiger partial charge in [-0.25, -0.2) is 0 Å². The SMILES string of the molecule is CN=C(NC1CCC1)NC1CCN(c2ccccc2OC)C1. The number of guanidine groups is 1. The quantitative estimate of drug-likeness (QED) is 0.660. The molecule has 0 aromatic heterocycles. The topological polar surface area (TPSA) is 48.9 Å². The van der Waals surface area contributed by atoms with Gasteiger partial charge in [0, 0.05) is 32.2 Å². The minimum Gasteiger partial charge on any atom is -0.495 e. The molecule has 2 fully saturated rings. The van der Waals surface area contributed by atoms with Crippen molar-refractivity contribution in [2.45, 2.75) is 37.8 Å². The smallest absolute Gasteiger partial charge is 0.191 e. The van der Waals surface area contributed by atoms with E-state index in [4.69, 9.17) is 4.74 Å². The summed E-state index contributed by atoms with van der Waals surface area (Å²) in [7, 11) is 3.58. The summed E-state index contributed by atoms with van der Waals surface area (Å²) < 4.78 is 5.47. The molecule has 2 aliphatic rings. The second kappa shape index (κ2) is 6.90. The van der Waals surface area contributed by atoms with Crippen LogP contribution in [0.2, 0.25) is 0 Å². The van der Waals surface area contributed by atoms with Crippen LogP contribution in [0.4, 0.5) is 5.69 Å². The summed E-state index contributed by atoms with van der Waals surface area (Å²) in [5.74, 6) is 1.89. The van der Waals surface area contributed by atoms with E-state index in [0.29, 0.717) is 12.1 Å². The maximum absolute atomic E-state index is 5.47. The number of hydrogen-bond acceptors (Lipinski definition) is 3. The van der Waals surface area contributed by atoms with Gasteiger partial charge >= 0.3 is 0 Å². The van der Waals surface area contributed by atoms with Crippen molar-refractivity contribution in [1.82, 2.24) is 10.6 Å². The van der Waals surface area contributed by atoms with Crippen molar-refractivity contribution in [2.24, 2.45) is 4.99 Å². The number of ether oxygens (including phenoxy) is 1. The summed E-state index contributed by atoms with van der Waals surface area (Å²) in [4.78, 5) is 6.74. The number of rotatable bonds is 4. The Morgan fingerprint density at radius 1 is 1.18 bits per heavy atom. The van der Waals surface area contributed by atoms with E-state index in [0.717, 1.165) is 31.2 Å². The first kappa shape index (κ1) is 15.0. The van der Waals surface area contributed by atoms with E-state index in [9.17, 15) is 0 Å². The molecule has 1 aliphatic heterocycles. The molecule has 0 amide bonds. The van der Waals surface area contributed by atoms with E-state index in [1.165, 1.54) is 24.9 Å². The molecule has 1 aromatic carbocycles. The highest BCUT2D eigenvalue weighted by Crippen LogP contribution is 2.30. The Kier molecular flexibility index (Phi) is 4.71. The maximum Gasteiger partial charge on any atom is 0.191 e. The zero-order chi connectivity index (χ0) is 15.4. The standard InChI is InChI=1S/C17H26N4O/c1-18-17(19-13-6-5-7-13)20-14-10-11-21(12-14)15-8-3-4-9-16(15)22-2/h3-4,8-9,13-14H,5-7,10-12H2,1-2H3,(H2,18,19,20). The maximum atomic E-state index is 5.47. The fourth-order valence-electron chi connectivity index (χ4n) is 3.10. The van der Waals surface area contributed by atoms with Crippen molar-refractivity contribution in [3.05, 3.63) is 24.3 Å². The molecule has 1 atom stereocenters. The van der Waals surface area contributed by atoms with Crippen LogP contribution in [0.25, 0.3) is 0 Å². The van der Waals surface area contributed by atoms with E-state index >= 15 is 0 Å². The lowest BCUT2D eigenvalue weighted by Gasteiger charge is -2.29. The number of para-hydroxylation sites is 2. The Bertz CT molecular complexity index is 527. The zero-order valence-electron chi connectivity index (χ0n) is 13.5. The molecule has 1 saturated heterocycles. The van der Waals surface area contributed by atoms with E-state index in [1.807, 2.05) is 19.2 Å². The monoisotopic (exact) mass is 302 g/mol. The van der Waals surface area contributed by atoms with Crippen LogP contribution in [0.1, 0.15) is 25.7 Å². The molecule has 5 nitrogen and oxygen atoms in total. The van der Waals surface area contributed by atoms with Crippen LogP contribution in [0.3, 0.4) is 0 Å². The van der Waals surface area contributed by atoms with Crippen molar-refractivity contribution in [2.75, 3.05) is 32.1 Å². The average molecular weight is 302 g/mol.